The fourth-order valence-corrected chi connectivity index (χ4v) is 9.00. The molecule has 0 N–H and O–H groups in total. The molecule has 0 saturated carbocycles. The van der Waals surface area contributed by atoms with Gasteiger partial charge in [0, 0.05) is 11.4 Å². The number of anilines is 6. The molecular weight excluding hydrogens is 709 g/mol. The van der Waals surface area contributed by atoms with Gasteiger partial charge >= 0.3 is 0 Å². The minimum absolute atomic E-state index is 0.847. The summed E-state index contributed by atoms with van der Waals surface area (Å²) in [7, 11) is 0. The summed E-state index contributed by atoms with van der Waals surface area (Å²) < 4.78 is 12.6. The number of rotatable bonds is 4. The number of fused-ring (bicyclic) bond motifs is 9. The highest BCUT2D eigenvalue weighted by Crippen LogP contribution is 2.52. The Morgan fingerprint density at radius 1 is 0.293 bits per heavy atom. The zero-order valence-electron chi connectivity index (χ0n) is 31.3. The van der Waals surface area contributed by atoms with Crippen LogP contribution in [0.15, 0.2) is 206 Å². The third-order valence-corrected chi connectivity index (χ3v) is 11.6. The second-order valence-electron chi connectivity index (χ2n) is 14.9. The summed E-state index contributed by atoms with van der Waals surface area (Å²) >= 11 is 0. The molecule has 0 atom stereocenters. The molecule has 58 heavy (non-hydrogen) atoms. The van der Waals surface area contributed by atoms with Gasteiger partial charge in [-0.05, 0) is 140 Å². The van der Waals surface area contributed by atoms with Crippen LogP contribution in [0.5, 0.6) is 23.0 Å². The molecule has 0 spiro atoms. The Morgan fingerprint density at radius 3 is 0.966 bits per heavy atom. The third kappa shape index (κ3) is 5.02. The van der Waals surface area contributed by atoms with E-state index in [0.717, 1.165) is 57.1 Å². The second-order valence-corrected chi connectivity index (χ2v) is 14.9. The molecule has 4 nitrogen and oxygen atoms in total. The summed E-state index contributed by atoms with van der Waals surface area (Å²) in [5.74, 6) is 3.39. The minimum atomic E-state index is 0.847. The molecule has 4 heteroatoms. The topological polar surface area (TPSA) is 24.9 Å². The van der Waals surface area contributed by atoms with E-state index in [1.807, 2.05) is 48.5 Å². The predicted molar refractivity (Wildman–Crippen MR) is 239 cm³/mol. The highest BCUT2D eigenvalue weighted by molar-refractivity contribution is 6.25. The summed E-state index contributed by atoms with van der Waals surface area (Å²) in [6.45, 7) is 0. The first-order chi connectivity index (χ1) is 28.8. The van der Waals surface area contributed by atoms with E-state index in [2.05, 4.69) is 168 Å². The summed E-state index contributed by atoms with van der Waals surface area (Å²) in [6.07, 6.45) is 0. The molecule has 10 aromatic rings. The van der Waals surface area contributed by atoms with Crippen LogP contribution in [0.25, 0.3) is 54.6 Å². The SMILES string of the molecule is c1ccc2c(c1)Oc1ccccc1N2c1ccc(-c2cc3cc(-c4ccc(N5c6ccccc6Oc6ccccc65)cc4)c4ccccc4c3c3ccccc23)cc1. The Hall–Kier alpha value is -7.82. The number of ether oxygens (including phenoxy) is 2. The van der Waals surface area contributed by atoms with Crippen molar-refractivity contribution in [3.05, 3.63) is 206 Å². The molecule has 0 radical (unpaired) electrons. The van der Waals surface area contributed by atoms with Crippen LogP contribution >= 0.6 is 0 Å². The van der Waals surface area contributed by atoms with Gasteiger partial charge in [0.15, 0.2) is 23.0 Å². The Kier molecular flexibility index (Phi) is 7.20. The highest BCUT2D eigenvalue weighted by atomic mass is 16.5. The predicted octanol–water partition coefficient (Wildman–Crippen LogP) is 15.6. The average Bonchev–Trinajstić information content (AvgIpc) is 3.29. The van der Waals surface area contributed by atoms with E-state index >= 15 is 0 Å². The minimum Gasteiger partial charge on any atom is -0.453 e. The van der Waals surface area contributed by atoms with Gasteiger partial charge in [-0.2, -0.15) is 0 Å². The average molecular weight is 743 g/mol. The molecule has 2 heterocycles. The van der Waals surface area contributed by atoms with E-state index in [4.69, 9.17) is 9.47 Å². The monoisotopic (exact) mass is 742 g/mol. The molecule has 0 fully saturated rings. The Morgan fingerprint density at radius 2 is 0.603 bits per heavy atom. The van der Waals surface area contributed by atoms with Crippen LogP contribution in [0.3, 0.4) is 0 Å². The van der Waals surface area contributed by atoms with Gasteiger partial charge < -0.3 is 19.3 Å². The van der Waals surface area contributed by atoms with Crippen LogP contribution in [-0.4, -0.2) is 0 Å². The highest BCUT2D eigenvalue weighted by Gasteiger charge is 2.27. The van der Waals surface area contributed by atoms with Gasteiger partial charge in [0.2, 0.25) is 0 Å². The first-order valence-corrected chi connectivity index (χ1v) is 19.7. The van der Waals surface area contributed by atoms with Crippen molar-refractivity contribution in [3.63, 3.8) is 0 Å². The molecule has 2 aliphatic rings. The summed E-state index contributed by atoms with van der Waals surface area (Å²) in [4.78, 5) is 4.58. The van der Waals surface area contributed by atoms with Gasteiger partial charge in [-0.1, -0.05) is 121 Å². The van der Waals surface area contributed by atoms with E-state index in [0.29, 0.717) is 0 Å². The molecule has 2 aliphatic heterocycles. The lowest BCUT2D eigenvalue weighted by Gasteiger charge is -2.32. The van der Waals surface area contributed by atoms with Crippen molar-refractivity contribution < 1.29 is 9.47 Å². The molecule has 0 aromatic heterocycles. The maximum absolute atomic E-state index is 6.29. The molecule has 0 bridgehead atoms. The van der Waals surface area contributed by atoms with E-state index in [1.54, 1.807) is 0 Å². The molecule has 0 unspecified atom stereocenters. The Bertz CT molecular complexity index is 2940. The smallest absolute Gasteiger partial charge is 0.151 e. The molecule has 0 aliphatic carbocycles. The fraction of sp³-hybridized carbons (Fsp3) is 0. The largest absolute Gasteiger partial charge is 0.453 e. The summed E-state index contributed by atoms with van der Waals surface area (Å²) in [6, 6.07) is 73.3. The van der Waals surface area contributed by atoms with Crippen molar-refractivity contribution in [2.75, 3.05) is 9.80 Å². The normalized spacial score (nSPS) is 12.7. The van der Waals surface area contributed by atoms with E-state index in [1.165, 1.54) is 54.6 Å². The fourth-order valence-electron chi connectivity index (χ4n) is 9.00. The zero-order valence-corrected chi connectivity index (χ0v) is 31.3. The van der Waals surface area contributed by atoms with Crippen molar-refractivity contribution in [3.8, 4) is 45.3 Å². The van der Waals surface area contributed by atoms with Gasteiger partial charge in [-0.15, -0.1) is 0 Å². The van der Waals surface area contributed by atoms with Gasteiger partial charge in [0.1, 0.15) is 0 Å². The first-order valence-electron chi connectivity index (χ1n) is 19.7. The maximum atomic E-state index is 6.29. The van der Waals surface area contributed by atoms with E-state index < -0.39 is 0 Å². The standard InChI is InChI=1S/C54H34N2O2/c1-3-15-42-40(13-1)44(35-25-29-38(30-26-35)55-46-17-5-9-21-50(46)57-51-22-10-6-18-47(51)55)33-37-34-45(41-14-2-4-16-43(41)54(37)42)36-27-31-39(32-28-36)56-48-19-7-11-23-52(48)58-53-24-12-8-20-49(53)56/h1-34H. The lowest BCUT2D eigenvalue weighted by atomic mass is 9.87. The number of hydrogen-bond donors (Lipinski definition) is 0. The van der Waals surface area contributed by atoms with Crippen molar-refractivity contribution in [1.82, 2.24) is 0 Å². The maximum Gasteiger partial charge on any atom is 0.151 e. The molecule has 10 aromatic carbocycles. The Labute approximate surface area is 336 Å². The lowest BCUT2D eigenvalue weighted by molar-refractivity contribution is 0.477. The second kappa shape index (κ2) is 12.9. The molecule has 272 valence electrons. The number of nitrogens with zero attached hydrogens (tertiary/aromatic N) is 2. The molecule has 0 saturated heterocycles. The number of para-hydroxylation sites is 8. The van der Waals surface area contributed by atoms with Crippen LogP contribution in [0.1, 0.15) is 0 Å². The van der Waals surface area contributed by atoms with Crippen LogP contribution < -0.4 is 19.3 Å². The zero-order chi connectivity index (χ0) is 38.2. The Balaban J connectivity index is 0.987. The molecule has 0 amide bonds. The quantitative estimate of drug-likeness (QED) is 0.168. The van der Waals surface area contributed by atoms with Gasteiger partial charge in [0.05, 0.1) is 22.7 Å². The lowest BCUT2D eigenvalue weighted by Crippen LogP contribution is -2.15. The van der Waals surface area contributed by atoms with Crippen molar-refractivity contribution in [2.24, 2.45) is 0 Å². The van der Waals surface area contributed by atoms with Crippen LogP contribution in [0.2, 0.25) is 0 Å². The van der Waals surface area contributed by atoms with Gasteiger partial charge in [0.25, 0.3) is 0 Å². The van der Waals surface area contributed by atoms with Crippen molar-refractivity contribution in [2.45, 2.75) is 0 Å². The van der Waals surface area contributed by atoms with Gasteiger partial charge in [-0.3, -0.25) is 0 Å². The summed E-state index contributed by atoms with van der Waals surface area (Å²) in [5, 5.41) is 7.45. The van der Waals surface area contributed by atoms with Crippen molar-refractivity contribution >= 4 is 66.4 Å². The first kappa shape index (κ1) is 32.4. The number of benzene rings is 10. The molecular formula is C54H34N2O2. The molecule has 12 rings (SSSR count). The van der Waals surface area contributed by atoms with Gasteiger partial charge in [-0.25, -0.2) is 0 Å². The van der Waals surface area contributed by atoms with Crippen LogP contribution in [-0.2, 0) is 0 Å². The van der Waals surface area contributed by atoms with E-state index in [-0.39, 0.29) is 0 Å². The summed E-state index contributed by atoms with van der Waals surface area (Å²) in [5.41, 5.74) is 11.0. The van der Waals surface area contributed by atoms with Crippen molar-refractivity contribution in [1.29, 1.82) is 0 Å². The van der Waals surface area contributed by atoms with E-state index in [9.17, 15) is 0 Å². The number of hydrogen-bond acceptors (Lipinski definition) is 4. The van der Waals surface area contributed by atoms with Crippen LogP contribution in [0.4, 0.5) is 34.1 Å². The van der Waals surface area contributed by atoms with Crippen LogP contribution in [0, 0.1) is 0 Å². The third-order valence-electron chi connectivity index (χ3n) is 11.6.